The average molecular weight is 268 g/mol. The predicted octanol–water partition coefficient (Wildman–Crippen LogP) is 2.23. The lowest BCUT2D eigenvalue weighted by Gasteiger charge is -2.04. The quantitative estimate of drug-likeness (QED) is 0.908. The van der Waals surface area contributed by atoms with E-state index in [1.165, 1.54) is 0 Å². The Labute approximate surface area is 95.8 Å². The summed E-state index contributed by atoms with van der Waals surface area (Å²) in [4.78, 5) is 0. The molecule has 0 amide bonds. The van der Waals surface area contributed by atoms with Crippen LogP contribution < -0.4 is 10.5 Å². The second kappa shape index (κ2) is 3.94. The van der Waals surface area contributed by atoms with Gasteiger partial charge in [0.1, 0.15) is 16.2 Å². The highest BCUT2D eigenvalue weighted by molar-refractivity contribution is 9.10. The van der Waals surface area contributed by atoms with Crippen molar-refractivity contribution in [1.82, 2.24) is 9.78 Å². The molecule has 0 atom stereocenters. The molecule has 0 fully saturated rings. The Bertz CT molecular complexity index is 464. The van der Waals surface area contributed by atoms with Gasteiger partial charge in [-0.15, -0.1) is 5.10 Å². The van der Waals surface area contributed by atoms with Crippen LogP contribution in [-0.2, 0) is 0 Å². The van der Waals surface area contributed by atoms with Crippen LogP contribution in [0.2, 0.25) is 0 Å². The Hall–Kier alpha value is -1.49. The molecule has 1 aromatic carbocycles. The van der Waals surface area contributed by atoms with Crippen molar-refractivity contribution >= 4 is 21.7 Å². The number of ether oxygens (including phenoxy) is 1. The monoisotopic (exact) mass is 267 g/mol. The largest absolute Gasteiger partial charge is 0.497 e. The summed E-state index contributed by atoms with van der Waals surface area (Å²) in [5.74, 6) is 1.30. The number of halogens is 1. The number of nitrogens with zero attached hydrogens (tertiary/aromatic N) is 2. The fourth-order valence-electron chi connectivity index (χ4n) is 1.28. The van der Waals surface area contributed by atoms with Gasteiger partial charge in [0, 0.05) is 6.07 Å². The molecule has 78 valence electrons. The lowest BCUT2D eigenvalue weighted by molar-refractivity contribution is 0.414. The molecule has 0 spiro atoms. The summed E-state index contributed by atoms with van der Waals surface area (Å²) in [7, 11) is 1.64. The molecule has 2 N–H and O–H groups in total. The minimum absolute atomic E-state index is 0.484. The third kappa shape index (κ3) is 1.97. The van der Waals surface area contributed by atoms with Gasteiger partial charge < -0.3 is 10.5 Å². The molecule has 0 aliphatic heterocycles. The van der Waals surface area contributed by atoms with Crippen molar-refractivity contribution in [2.75, 3.05) is 12.8 Å². The van der Waals surface area contributed by atoms with Crippen molar-refractivity contribution in [3.05, 3.63) is 34.9 Å². The van der Waals surface area contributed by atoms with Crippen molar-refractivity contribution in [3.8, 4) is 11.4 Å². The number of hydrogen-bond acceptors (Lipinski definition) is 3. The van der Waals surface area contributed by atoms with Crippen LogP contribution in [0.5, 0.6) is 5.75 Å². The van der Waals surface area contributed by atoms with Crippen LogP contribution >= 0.6 is 15.9 Å². The molecule has 0 unspecified atom stereocenters. The maximum absolute atomic E-state index is 5.59. The molecule has 0 saturated heterocycles. The molecule has 15 heavy (non-hydrogen) atoms. The van der Waals surface area contributed by atoms with E-state index in [1.807, 2.05) is 24.3 Å². The van der Waals surface area contributed by atoms with Gasteiger partial charge in [0.2, 0.25) is 0 Å². The van der Waals surface area contributed by atoms with E-state index in [0.29, 0.717) is 5.82 Å². The Kier molecular flexibility index (Phi) is 2.64. The first-order valence-electron chi connectivity index (χ1n) is 4.36. The SMILES string of the molecule is COc1ccc(-n2nc(N)cc2Br)cc1. The van der Waals surface area contributed by atoms with E-state index >= 15 is 0 Å². The van der Waals surface area contributed by atoms with Crippen LogP contribution in [0.1, 0.15) is 0 Å². The van der Waals surface area contributed by atoms with E-state index in [0.717, 1.165) is 16.0 Å². The van der Waals surface area contributed by atoms with Gasteiger partial charge in [0.05, 0.1) is 12.8 Å². The molecule has 1 aromatic heterocycles. The molecule has 4 nitrogen and oxygen atoms in total. The summed E-state index contributed by atoms with van der Waals surface area (Å²) in [5.41, 5.74) is 6.52. The molecule has 2 rings (SSSR count). The minimum Gasteiger partial charge on any atom is -0.497 e. The van der Waals surface area contributed by atoms with Gasteiger partial charge in [0.15, 0.2) is 0 Å². The van der Waals surface area contributed by atoms with E-state index in [1.54, 1.807) is 17.9 Å². The Morgan fingerprint density at radius 3 is 2.47 bits per heavy atom. The number of anilines is 1. The zero-order valence-electron chi connectivity index (χ0n) is 8.14. The third-order valence-electron chi connectivity index (χ3n) is 2.00. The summed E-state index contributed by atoms with van der Waals surface area (Å²) in [6.07, 6.45) is 0. The molecular formula is C10H10BrN3O. The van der Waals surface area contributed by atoms with E-state index in [-0.39, 0.29) is 0 Å². The number of rotatable bonds is 2. The molecule has 1 heterocycles. The normalized spacial score (nSPS) is 10.3. The van der Waals surface area contributed by atoms with Crippen molar-refractivity contribution in [1.29, 1.82) is 0 Å². The van der Waals surface area contributed by atoms with E-state index in [4.69, 9.17) is 10.5 Å². The number of hydrogen-bond donors (Lipinski definition) is 1. The predicted molar refractivity (Wildman–Crippen MR) is 62.2 cm³/mol. The zero-order valence-corrected chi connectivity index (χ0v) is 9.73. The highest BCUT2D eigenvalue weighted by atomic mass is 79.9. The second-order valence-corrected chi connectivity index (χ2v) is 3.81. The van der Waals surface area contributed by atoms with Crippen LogP contribution in [0.15, 0.2) is 34.9 Å². The van der Waals surface area contributed by atoms with Gasteiger partial charge in [-0.3, -0.25) is 0 Å². The maximum Gasteiger partial charge on any atom is 0.147 e. The highest BCUT2D eigenvalue weighted by Gasteiger charge is 2.04. The first-order chi connectivity index (χ1) is 7.20. The fourth-order valence-corrected chi connectivity index (χ4v) is 1.80. The molecule has 0 radical (unpaired) electrons. The van der Waals surface area contributed by atoms with Crippen molar-refractivity contribution < 1.29 is 4.74 Å². The molecule has 5 heteroatoms. The Balaban J connectivity index is 2.41. The lowest BCUT2D eigenvalue weighted by Crippen LogP contribution is -1.97. The Morgan fingerprint density at radius 2 is 2.00 bits per heavy atom. The molecule has 0 bridgehead atoms. The number of aromatic nitrogens is 2. The first-order valence-corrected chi connectivity index (χ1v) is 5.15. The summed E-state index contributed by atoms with van der Waals surface area (Å²) < 4.78 is 7.62. The van der Waals surface area contributed by atoms with Crippen LogP contribution in [0, 0.1) is 0 Å². The topological polar surface area (TPSA) is 53.1 Å². The van der Waals surface area contributed by atoms with E-state index in [2.05, 4.69) is 21.0 Å². The smallest absolute Gasteiger partial charge is 0.147 e. The molecule has 0 aliphatic rings. The molecular weight excluding hydrogens is 258 g/mol. The summed E-state index contributed by atoms with van der Waals surface area (Å²) in [6.45, 7) is 0. The van der Waals surface area contributed by atoms with Crippen LogP contribution in [0.25, 0.3) is 5.69 Å². The number of nitrogen functional groups attached to an aromatic ring is 1. The summed E-state index contributed by atoms with van der Waals surface area (Å²) in [5, 5.41) is 4.14. The molecule has 2 aromatic rings. The summed E-state index contributed by atoms with van der Waals surface area (Å²) in [6, 6.07) is 9.33. The van der Waals surface area contributed by atoms with E-state index < -0.39 is 0 Å². The van der Waals surface area contributed by atoms with Gasteiger partial charge in [0.25, 0.3) is 0 Å². The van der Waals surface area contributed by atoms with Gasteiger partial charge >= 0.3 is 0 Å². The molecule has 0 aliphatic carbocycles. The molecule has 0 saturated carbocycles. The Morgan fingerprint density at radius 1 is 1.33 bits per heavy atom. The summed E-state index contributed by atoms with van der Waals surface area (Å²) >= 11 is 3.38. The van der Waals surface area contributed by atoms with Crippen LogP contribution in [-0.4, -0.2) is 16.9 Å². The van der Waals surface area contributed by atoms with Gasteiger partial charge in [-0.25, -0.2) is 4.68 Å². The maximum atomic E-state index is 5.59. The highest BCUT2D eigenvalue weighted by Crippen LogP contribution is 2.20. The first kappa shape index (κ1) is 10.0. The van der Waals surface area contributed by atoms with Crippen LogP contribution in [0.4, 0.5) is 5.82 Å². The number of nitrogens with two attached hydrogens (primary N) is 1. The minimum atomic E-state index is 0.484. The van der Waals surface area contributed by atoms with Crippen LogP contribution in [0.3, 0.4) is 0 Å². The fraction of sp³-hybridized carbons (Fsp3) is 0.100. The average Bonchev–Trinajstić information content (AvgIpc) is 2.58. The van der Waals surface area contributed by atoms with Gasteiger partial charge in [-0.05, 0) is 40.2 Å². The van der Waals surface area contributed by atoms with E-state index in [9.17, 15) is 0 Å². The van der Waals surface area contributed by atoms with Gasteiger partial charge in [-0.2, -0.15) is 0 Å². The van der Waals surface area contributed by atoms with Crippen molar-refractivity contribution in [2.45, 2.75) is 0 Å². The van der Waals surface area contributed by atoms with Crippen molar-refractivity contribution in [3.63, 3.8) is 0 Å². The van der Waals surface area contributed by atoms with Gasteiger partial charge in [-0.1, -0.05) is 0 Å². The lowest BCUT2D eigenvalue weighted by atomic mass is 10.3. The number of benzene rings is 1. The third-order valence-corrected chi connectivity index (χ3v) is 2.57. The van der Waals surface area contributed by atoms with Crippen molar-refractivity contribution in [2.24, 2.45) is 0 Å². The number of methoxy groups -OCH3 is 1. The standard InChI is InChI=1S/C10H10BrN3O/c1-15-8-4-2-7(3-5-8)14-9(11)6-10(12)13-14/h2-6H,1H3,(H2,12,13). The zero-order chi connectivity index (χ0) is 10.8. The second-order valence-electron chi connectivity index (χ2n) is 3.00.